The zero-order valence-corrected chi connectivity index (χ0v) is 21.2. The molecule has 166 valence electrons. The van der Waals surface area contributed by atoms with Gasteiger partial charge in [-0.2, -0.15) is 0 Å². The van der Waals surface area contributed by atoms with Gasteiger partial charge in [0.05, 0.1) is 6.54 Å². The number of nitrogens with zero attached hydrogens (tertiary/aromatic N) is 1. The van der Waals surface area contributed by atoms with Gasteiger partial charge in [0.25, 0.3) is 0 Å². The first kappa shape index (κ1) is 25.1. The van der Waals surface area contributed by atoms with Crippen LogP contribution in [-0.4, -0.2) is 44.3 Å². The monoisotopic (exact) mass is 542 g/mol. The Kier molecular flexibility index (Phi) is 11.1. The molecule has 0 bridgehead atoms. The number of rotatable bonds is 9. The van der Waals surface area contributed by atoms with Crippen molar-refractivity contribution in [1.29, 1.82) is 0 Å². The van der Waals surface area contributed by atoms with Crippen LogP contribution in [0.15, 0.2) is 52.8 Å². The summed E-state index contributed by atoms with van der Waals surface area (Å²) in [6, 6.07) is 15.2. The predicted octanol–water partition coefficient (Wildman–Crippen LogP) is 4.36. The maximum atomic E-state index is 5.65. The summed E-state index contributed by atoms with van der Waals surface area (Å²) in [5.74, 6) is 0.893. The number of benzene rings is 1. The fourth-order valence-corrected chi connectivity index (χ4v) is 4.43. The van der Waals surface area contributed by atoms with Gasteiger partial charge in [-0.1, -0.05) is 36.4 Å². The number of aliphatic imine (C=N–C) groups is 1. The van der Waals surface area contributed by atoms with Gasteiger partial charge in [-0.05, 0) is 50.1 Å². The summed E-state index contributed by atoms with van der Waals surface area (Å²) in [6.45, 7) is 8.39. The van der Waals surface area contributed by atoms with Gasteiger partial charge in [-0.15, -0.1) is 35.3 Å². The Morgan fingerprint density at radius 1 is 1.13 bits per heavy atom. The molecule has 1 aliphatic heterocycles. The first-order valence-electron chi connectivity index (χ1n) is 10.7. The van der Waals surface area contributed by atoms with Crippen molar-refractivity contribution in [3.8, 4) is 0 Å². The van der Waals surface area contributed by atoms with Crippen LogP contribution < -0.4 is 16.0 Å². The normalized spacial score (nSPS) is 17.1. The minimum Gasteiger partial charge on any atom is -0.381 e. The molecule has 0 saturated carbocycles. The van der Waals surface area contributed by atoms with Gasteiger partial charge >= 0.3 is 0 Å². The van der Waals surface area contributed by atoms with Crippen molar-refractivity contribution < 1.29 is 4.74 Å². The number of guanidine groups is 1. The van der Waals surface area contributed by atoms with Crippen molar-refractivity contribution in [3.63, 3.8) is 0 Å². The van der Waals surface area contributed by atoms with Crippen LogP contribution in [0, 0.1) is 0 Å². The van der Waals surface area contributed by atoms with Gasteiger partial charge in [-0.3, -0.25) is 4.99 Å². The van der Waals surface area contributed by atoms with E-state index in [2.05, 4.69) is 77.6 Å². The third-order valence-corrected chi connectivity index (χ3v) is 6.34. The molecular weight excluding hydrogens is 507 g/mol. The minimum absolute atomic E-state index is 0. The van der Waals surface area contributed by atoms with Gasteiger partial charge < -0.3 is 20.7 Å². The summed E-state index contributed by atoms with van der Waals surface area (Å²) < 4.78 is 5.65. The van der Waals surface area contributed by atoms with E-state index in [4.69, 9.17) is 9.73 Å². The van der Waals surface area contributed by atoms with Gasteiger partial charge in [0.2, 0.25) is 0 Å². The fourth-order valence-electron chi connectivity index (χ4n) is 3.73. The largest absolute Gasteiger partial charge is 0.381 e. The molecule has 3 N–H and O–H groups in total. The van der Waals surface area contributed by atoms with E-state index in [0.29, 0.717) is 0 Å². The molecule has 1 aromatic carbocycles. The Balaban J connectivity index is 0.00000320. The van der Waals surface area contributed by atoms with Gasteiger partial charge in [0, 0.05) is 42.8 Å². The minimum atomic E-state index is -0.0381. The van der Waals surface area contributed by atoms with Crippen molar-refractivity contribution in [2.75, 3.05) is 32.8 Å². The van der Waals surface area contributed by atoms with Crippen LogP contribution >= 0.6 is 35.3 Å². The molecular formula is C23H35IN4OS. The third-order valence-electron chi connectivity index (χ3n) is 5.40. The lowest BCUT2D eigenvalue weighted by molar-refractivity contribution is 0.0374. The third kappa shape index (κ3) is 7.83. The summed E-state index contributed by atoms with van der Waals surface area (Å²) in [5, 5.41) is 12.9. The Morgan fingerprint density at radius 2 is 1.90 bits per heavy atom. The average Bonchev–Trinajstić information content (AvgIpc) is 3.27. The van der Waals surface area contributed by atoms with E-state index in [1.165, 1.54) is 10.4 Å². The van der Waals surface area contributed by atoms with Crippen LogP contribution in [0.5, 0.6) is 0 Å². The molecule has 1 atom stereocenters. The predicted molar refractivity (Wildman–Crippen MR) is 138 cm³/mol. The molecule has 1 aliphatic rings. The van der Waals surface area contributed by atoms with Gasteiger partial charge in [-0.25, -0.2) is 0 Å². The molecule has 30 heavy (non-hydrogen) atoms. The lowest BCUT2D eigenvalue weighted by Gasteiger charge is -2.39. The zero-order valence-electron chi connectivity index (χ0n) is 18.0. The van der Waals surface area contributed by atoms with Crippen LogP contribution in [0.1, 0.15) is 43.2 Å². The maximum absolute atomic E-state index is 5.65. The molecule has 0 amide bonds. The second-order valence-electron chi connectivity index (χ2n) is 7.62. The van der Waals surface area contributed by atoms with Gasteiger partial charge in [0.1, 0.15) is 0 Å². The number of halogens is 1. The first-order valence-corrected chi connectivity index (χ1v) is 11.5. The second kappa shape index (κ2) is 13.3. The number of ether oxygens (including phenoxy) is 1. The van der Waals surface area contributed by atoms with Gasteiger partial charge in [0.15, 0.2) is 5.96 Å². The van der Waals surface area contributed by atoms with E-state index in [-0.39, 0.29) is 35.6 Å². The number of hydrogen-bond acceptors (Lipinski definition) is 4. The molecule has 1 fully saturated rings. The summed E-state index contributed by atoms with van der Waals surface area (Å²) >= 11 is 1.80. The molecule has 2 heterocycles. The second-order valence-corrected chi connectivity index (χ2v) is 8.65. The van der Waals surface area contributed by atoms with Crippen LogP contribution in [-0.2, 0) is 11.2 Å². The number of thiophene rings is 1. The molecule has 5 nitrogen and oxygen atoms in total. The highest BCUT2D eigenvalue weighted by Crippen LogP contribution is 2.26. The van der Waals surface area contributed by atoms with Crippen molar-refractivity contribution >= 4 is 41.3 Å². The zero-order chi connectivity index (χ0) is 20.4. The Bertz CT molecular complexity index is 733. The van der Waals surface area contributed by atoms with Crippen LogP contribution in [0.4, 0.5) is 0 Å². The number of nitrogens with one attached hydrogen (secondary N) is 3. The molecule has 2 aromatic rings. The lowest BCUT2D eigenvalue weighted by Crippen LogP contribution is -2.53. The Labute approximate surface area is 202 Å². The van der Waals surface area contributed by atoms with Crippen molar-refractivity contribution in [2.45, 2.75) is 44.7 Å². The molecule has 1 unspecified atom stereocenters. The smallest absolute Gasteiger partial charge is 0.191 e. The first-order chi connectivity index (χ1) is 14.2. The highest BCUT2D eigenvalue weighted by Gasteiger charge is 2.34. The quantitative estimate of drug-likeness (QED) is 0.251. The molecule has 0 aliphatic carbocycles. The molecule has 1 saturated heterocycles. The fraction of sp³-hybridized carbons (Fsp3) is 0.522. The summed E-state index contributed by atoms with van der Waals surface area (Å²) in [4.78, 5) is 6.35. The standard InChI is InChI=1S/C23H34N4OS.HI/c1-3-24-22(25-14-11-21-10-7-17-29-21)26-18-23(12-15-28-16-13-23)27-19(2)20-8-5-4-6-9-20;/h4-10,17,19,27H,3,11-16,18H2,1-2H3,(H2,24,25,26);1H. The van der Waals surface area contributed by atoms with E-state index in [0.717, 1.165) is 58.1 Å². The molecule has 0 radical (unpaired) electrons. The topological polar surface area (TPSA) is 57.7 Å². The lowest BCUT2D eigenvalue weighted by atomic mass is 9.88. The van der Waals surface area contributed by atoms with Crippen LogP contribution in [0.2, 0.25) is 0 Å². The van der Waals surface area contributed by atoms with Crippen molar-refractivity contribution in [3.05, 3.63) is 58.3 Å². The van der Waals surface area contributed by atoms with Crippen LogP contribution in [0.25, 0.3) is 0 Å². The van der Waals surface area contributed by atoms with E-state index >= 15 is 0 Å². The van der Waals surface area contributed by atoms with E-state index < -0.39 is 0 Å². The molecule has 3 rings (SSSR count). The molecule has 1 aromatic heterocycles. The van der Waals surface area contributed by atoms with E-state index in [1.54, 1.807) is 11.3 Å². The molecule has 7 heteroatoms. The average molecular weight is 543 g/mol. The Morgan fingerprint density at radius 3 is 2.57 bits per heavy atom. The summed E-state index contributed by atoms with van der Waals surface area (Å²) in [6.07, 6.45) is 2.97. The number of hydrogen-bond donors (Lipinski definition) is 3. The van der Waals surface area contributed by atoms with E-state index in [1.807, 2.05) is 0 Å². The van der Waals surface area contributed by atoms with Crippen LogP contribution in [0.3, 0.4) is 0 Å². The SMILES string of the molecule is CCNC(=NCC1(NC(C)c2ccccc2)CCOCC1)NCCc1cccs1.I. The molecule has 0 spiro atoms. The highest BCUT2D eigenvalue weighted by atomic mass is 127. The Hall–Kier alpha value is -1.16. The summed E-state index contributed by atoms with van der Waals surface area (Å²) in [5.41, 5.74) is 1.27. The van der Waals surface area contributed by atoms with E-state index in [9.17, 15) is 0 Å². The highest BCUT2D eigenvalue weighted by molar-refractivity contribution is 14.0. The maximum Gasteiger partial charge on any atom is 0.191 e. The van der Waals surface area contributed by atoms with Crippen molar-refractivity contribution in [2.24, 2.45) is 4.99 Å². The summed E-state index contributed by atoms with van der Waals surface area (Å²) in [7, 11) is 0. The van der Waals surface area contributed by atoms with Crippen molar-refractivity contribution in [1.82, 2.24) is 16.0 Å².